The maximum absolute atomic E-state index is 14.1. The molecule has 0 radical (unpaired) electrons. The van der Waals surface area contributed by atoms with Crippen LogP contribution < -0.4 is 0 Å². The molecule has 150 valence electrons. The van der Waals surface area contributed by atoms with E-state index in [1.54, 1.807) is 0 Å². The fraction of sp³-hybridized carbons (Fsp3) is 0.818. The van der Waals surface area contributed by atoms with Gasteiger partial charge >= 0.3 is 11.9 Å². The summed E-state index contributed by atoms with van der Waals surface area (Å²) in [4.78, 5) is 23.3. The van der Waals surface area contributed by atoms with Crippen LogP contribution in [0.5, 0.6) is 0 Å². The summed E-state index contributed by atoms with van der Waals surface area (Å²) < 4.78 is 25.5. The van der Waals surface area contributed by atoms with Crippen molar-refractivity contribution in [1.29, 1.82) is 0 Å². The van der Waals surface area contributed by atoms with E-state index in [0.29, 0.717) is 30.6 Å². The minimum atomic E-state index is -0.813. The van der Waals surface area contributed by atoms with Crippen molar-refractivity contribution in [1.82, 2.24) is 0 Å². The predicted molar refractivity (Wildman–Crippen MR) is 98.5 cm³/mol. The smallest absolute Gasteiger partial charge is 0.303 e. The van der Waals surface area contributed by atoms with Crippen molar-refractivity contribution in [3.63, 3.8) is 0 Å². The number of carbonyl (C=O) groups is 2. The summed E-state index contributed by atoms with van der Waals surface area (Å²) in [5, 5.41) is 0. The first-order chi connectivity index (χ1) is 12.8. The van der Waals surface area contributed by atoms with Crippen LogP contribution in [0.2, 0.25) is 0 Å². The number of hydrogen-bond acceptors (Lipinski definition) is 4. The van der Waals surface area contributed by atoms with E-state index in [1.807, 2.05) is 0 Å². The lowest BCUT2D eigenvalue weighted by Crippen LogP contribution is -2.49. The fourth-order valence-electron chi connectivity index (χ4n) is 6.81. The molecule has 0 aliphatic heterocycles. The molecule has 0 saturated heterocycles. The molecule has 0 heterocycles. The molecule has 0 aromatic heterocycles. The van der Waals surface area contributed by atoms with Crippen molar-refractivity contribution in [3.8, 4) is 0 Å². The molecule has 0 spiro atoms. The zero-order valence-corrected chi connectivity index (χ0v) is 16.6. The normalized spacial score (nSPS) is 43.4. The van der Waals surface area contributed by atoms with Crippen molar-refractivity contribution in [3.05, 3.63) is 11.1 Å². The maximum Gasteiger partial charge on any atom is 0.303 e. The molecule has 0 amide bonds. The van der Waals surface area contributed by atoms with Gasteiger partial charge in [-0.3, -0.25) is 9.59 Å². The van der Waals surface area contributed by atoms with Gasteiger partial charge in [0.05, 0.1) is 0 Å². The van der Waals surface area contributed by atoms with Crippen LogP contribution in [0.15, 0.2) is 11.1 Å². The van der Waals surface area contributed by atoms with Crippen LogP contribution in [0.25, 0.3) is 0 Å². The number of esters is 2. The van der Waals surface area contributed by atoms with E-state index in [9.17, 15) is 14.0 Å². The van der Waals surface area contributed by atoms with Crippen LogP contribution in [0, 0.1) is 23.2 Å². The second-order valence-electron chi connectivity index (χ2n) is 9.32. The maximum atomic E-state index is 14.1. The van der Waals surface area contributed by atoms with Gasteiger partial charge in [-0.05, 0) is 68.3 Å². The lowest BCUT2D eigenvalue weighted by atomic mass is 9.53. The van der Waals surface area contributed by atoms with Gasteiger partial charge < -0.3 is 9.47 Å². The molecule has 2 saturated carbocycles. The predicted octanol–water partition coefficient (Wildman–Crippen LogP) is 4.51. The average Bonchev–Trinajstić information content (AvgIpc) is 2.91. The quantitative estimate of drug-likeness (QED) is 0.524. The SMILES string of the molecule is CC(=O)OC1CC2C(CCC3(C)C(OC(C)=O)CCC23)C2=C1CC(F)CC2. The molecule has 7 unspecified atom stereocenters. The number of alkyl halides is 1. The molecular weight excluding hydrogens is 347 g/mol. The summed E-state index contributed by atoms with van der Waals surface area (Å²) in [7, 11) is 0. The first-order valence-electron chi connectivity index (χ1n) is 10.5. The summed E-state index contributed by atoms with van der Waals surface area (Å²) in [5.41, 5.74) is 2.45. The van der Waals surface area contributed by atoms with Gasteiger partial charge in [-0.2, -0.15) is 0 Å². The number of halogens is 1. The molecule has 0 N–H and O–H groups in total. The van der Waals surface area contributed by atoms with Crippen molar-refractivity contribution in [2.75, 3.05) is 0 Å². The number of allylic oxidation sites excluding steroid dienone is 1. The molecule has 4 aliphatic rings. The van der Waals surface area contributed by atoms with E-state index in [0.717, 1.165) is 44.1 Å². The molecule has 4 nitrogen and oxygen atoms in total. The van der Waals surface area contributed by atoms with Crippen LogP contribution in [-0.2, 0) is 19.1 Å². The van der Waals surface area contributed by atoms with Crippen LogP contribution in [0.1, 0.15) is 72.1 Å². The standard InChI is InChI=1S/C22H31FO4/c1-12(24)26-20-11-17-16(15-5-4-14(23)10-18(15)20)8-9-22(3)19(17)6-7-21(22)27-13(2)25/h14,16-17,19-21H,4-11H2,1-3H3. The van der Waals surface area contributed by atoms with Gasteiger partial charge in [0.1, 0.15) is 18.4 Å². The van der Waals surface area contributed by atoms with Crippen molar-refractivity contribution in [2.24, 2.45) is 23.2 Å². The minimum Gasteiger partial charge on any atom is -0.462 e. The Kier molecular flexibility index (Phi) is 4.84. The Morgan fingerprint density at radius 2 is 1.78 bits per heavy atom. The van der Waals surface area contributed by atoms with Crippen LogP contribution in [0.4, 0.5) is 4.39 Å². The summed E-state index contributed by atoms with van der Waals surface area (Å²) >= 11 is 0. The molecule has 4 aliphatic carbocycles. The van der Waals surface area contributed by atoms with E-state index < -0.39 is 6.17 Å². The van der Waals surface area contributed by atoms with Gasteiger partial charge in [0.15, 0.2) is 0 Å². The van der Waals surface area contributed by atoms with E-state index in [-0.39, 0.29) is 29.6 Å². The van der Waals surface area contributed by atoms with E-state index >= 15 is 0 Å². The van der Waals surface area contributed by atoms with Gasteiger partial charge in [-0.15, -0.1) is 0 Å². The van der Waals surface area contributed by atoms with Gasteiger partial charge in [-0.25, -0.2) is 4.39 Å². The molecule has 5 heteroatoms. The summed E-state index contributed by atoms with van der Waals surface area (Å²) in [6.07, 6.45) is 5.60. The van der Waals surface area contributed by atoms with Gasteiger partial charge in [0, 0.05) is 25.7 Å². The topological polar surface area (TPSA) is 52.6 Å². The molecule has 7 atom stereocenters. The summed E-state index contributed by atoms with van der Waals surface area (Å²) in [6.45, 7) is 5.21. The number of carbonyl (C=O) groups excluding carboxylic acids is 2. The zero-order chi connectivity index (χ0) is 19.3. The summed E-state index contributed by atoms with van der Waals surface area (Å²) in [5.74, 6) is 0.901. The number of fused-ring (bicyclic) bond motifs is 4. The monoisotopic (exact) mass is 378 g/mol. The summed E-state index contributed by atoms with van der Waals surface area (Å²) in [6, 6.07) is 0. The Bertz CT molecular complexity index is 671. The lowest BCUT2D eigenvalue weighted by Gasteiger charge is -2.53. The number of rotatable bonds is 2. The highest BCUT2D eigenvalue weighted by Gasteiger charge is 2.57. The Labute approximate surface area is 160 Å². The second kappa shape index (κ2) is 6.89. The van der Waals surface area contributed by atoms with E-state index in [1.165, 1.54) is 19.4 Å². The van der Waals surface area contributed by atoms with Crippen molar-refractivity contribution >= 4 is 11.9 Å². The highest BCUT2D eigenvalue weighted by atomic mass is 19.1. The first-order valence-corrected chi connectivity index (χ1v) is 10.5. The lowest BCUT2D eigenvalue weighted by molar-refractivity contribution is -0.157. The molecule has 0 aromatic carbocycles. The molecule has 0 bridgehead atoms. The molecule has 2 fully saturated rings. The minimum absolute atomic E-state index is 0.00294. The van der Waals surface area contributed by atoms with E-state index in [2.05, 4.69) is 6.92 Å². The van der Waals surface area contributed by atoms with Gasteiger partial charge in [0.2, 0.25) is 0 Å². The molecule has 4 rings (SSSR count). The van der Waals surface area contributed by atoms with Crippen molar-refractivity contribution < 1.29 is 23.5 Å². The zero-order valence-electron chi connectivity index (χ0n) is 16.6. The van der Waals surface area contributed by atoms with Crippen LogP contribution >= 0.6 is 0 Å². The highest BCUT2D eigenvalue weighted by Crippen LogP contribution is 2.62. The Hall–Kier alpha value is -1.39. The Morgan fingerprint density at radius 1 is 1.04 bits per heavy atom. The third-order valence-electron chi connectivity index (χ3n) is 7.87. The molecule has 27 heavy (non-hydrogen) atoms. The van der Waals surface area contributed by atoms with Crippen LogP contribution in [-0.4, -0.2) is 30.3 Å². The van der Waals surface area contributed by atoms with Crippen LogP contribution in [0.3, 0.4) is 0 Å². The fourth-order valence-corrected chi connectivity index (χ4v) is 6.81. The highest BCUT2D eigenvalue weighted by molar-refractivity contribution is 5.67. The van der Waals surface area contributed by atoms with Crippen molar-refractivity contribution in [2.45, 2.75) is 90.5 Å². The van der Waals surface area contributed by atoms with Gasteiger partial charge in [-0.1, -0.05) is 12.5 Å². The Balaban J connectivity index is 1.65. The first kappa shape index (κ1) is 18.9. The third kappa shape index (κ3) is 3.21. The average molecular weight is 378 g/mol. The Morgan fingerprint density at radius 3 is 2.48 bits per heavy atom. The van der Waals surface area contributed by atoms with E-state index in [4.69, 9.17) is 9.47 Å². The van der Waals surface area contributed by atoms with Gasteiger partial charge in [0.25, 0.3) is 0 Å². The second-order valence-corrected chi connectivity index (χ2v) is 9.32. The number of ether oxygens (including phenoxy) is 2. The largest absolute Gasteiger partial charge is 0.462 e. The number of hydrogen-bond donors (Lipinski definition) is 0. The molecule has 0 aromatic rings. The third-order valence-corrected chi connectivity index (χ3v) is 7.87. The molecular formula is C22H31FO4.